The van der Waals surface area contributed by atoms with Crippen LogP contribution >= 0.6 is 15.9 Å². The van der Waals surface area contributed by atoms with Crippen molar-refractivity contribution in [2.24, 2.45) is 0 Å². The number of alkyl halides is 1. The van der Waals surface area contributed by atoms with Crippen LogP contribution in [0.2, 0.25) is 0 Å². The molecule has 0 saturated carbocycles. The molecule has 0 radical (unpaired) electrons. The molecule has 22 heavy (non-hydrogen) atoms. The second-order valence-corrected chi connectivity index (χ2v) is 6.43. The third kappa shape index (κ3) is 2.44. The Hall–Kier alpha value is -1.74. The fourth-order valence-electron chi connectivity index (χ4n) is 3.17. The lowest BCUT2D eigenvalue weighted by atomic mass is 9.89. The van der Waals surface area contributed by atoms with Gasteiger partial charge >= 0.3 is 0 Å². The summed E-state index contributed by atoms with van der Waals surface area (Å²) in [7, 11) is 0. The predicted molar refractivity (Wildman–Crippen MR) is 92.3 cm³/mol. The Morgan fingerprint density at radius 1 is 1.05 bits per heavy atom. The van der Waals surface area contributed by atoms with Crippen LogP contribution < -0.4 is 4.74 Å². The first-order valence-corrected chi connectivity index (χ1v) is 8.74. The molecule has 2 aliphatic rings. The van der Waals surface area contributed by atoms with Gasteiger partial charge in [-0.25, -0.2) is 0 Å². The van der Waals surface area contributed by atoms with Crippen molar-refractivity contribution < 1.29 is 9.47 Å². The van der Waals surface area contributed by atoms with Gasteiger partial charge in [0.1, 0.15) is 12.4 Å². The molecule has 0 N–H and O–H groups in total. The number of aryl methyl sites for hydroxylation is 1. The summed E-state index contributed by atoms with van der Waals surface area (Å²) >= 11 is 3.40. The normalized spacial score (nSPS) is 15.0. The van der Waals surface area contributed by atoms with Crippen LogP contribution in [0.15, 0.2) is 42.2 Å². The molecular formula is C19H17BrO2. The molecule has 1 aliphatic heterocycles. The molecule has 0 fully saturated rings. The van der Waals surface area contributed by atoms with E-state index in [2.05, 4.69) is 58.4 Å². The third-order valence-electron chi connectivity index (χ3n) is 4.25. The molecule has 0 spiro atoms. The summed E-state index contributed by atoms with van der Waals surface area (Å²) in [5.41, 5.74) is 6.40. The summed E-state index contributed by atoms with van der Waals surface area (Å²) in [6.45, 7) is 1.37. The van der Waals surface area contributed by atoms with Gasteiger partial charge in [0.2, 0.25) is 0 Å². The van der Waals surface area contributed by atoms with E-state index < -0.39 is 0 Å². The van der Waals surface area contributed by atoms with Crippen LogP contribution in [0.5, 0.6) is 5.75 Å². The molecule has 3 heteroatoms. The highest BCUT2D eigenvalue weighted by Crippen LogP contribution is 2.41. The van der Waals surface area contributed by atoms with Crippen molar-refractivity contribution in [2.75, 3.05) is 11.9 Å². The lowest BCUT2D eigenvalue weighted by Gasteiger charge is -2.24. The van der Waals surface area contributed by atoms with E-state index in [-0.39, 0.29) is 0 Å². The van der Waals surface area contributed by atoms with Crippen LogP contribution in [0.1, 0.15) is 23.1 Å². The smallest absolute Gasteiger partial charge is 0.128 e. The average Bonchev–Trinajstić information content (AvgIpc) is 2.58. The summed E-state index contributed by atoms with van der Waals surface area (Å²) in [4.78, 5) is 0. The number of fused-ring (bicyclic) bond motifs is 4. The van der Waals surface area contributed by atoms with Gasteiger partial charge in [-0.3, -0.25) is 0 Å². The van der Waals surface area contributed by atoms with Gasteiger partial charge in [0.25, 0.3) is 0 Å². The highest BCUT2D eigenvalue weighted by molar-refractivity contribution is 9.09. The summed E-state index contributed by atoms with van der Waals surface area (Å²) in [6, 6.07) is 13.0. The monoisotopic (exact) mass is 356 g/mol. The van der Waals surface area contributed by atoms with Crippen molar-refractivity contribution in [1.29, 1.82) is 0 Å². The Balaban J connectivity index is 1.75. The largest absolute Gasteiger partial charge is 0.497 e. The Kier molecular flexibility index (Phi) is 3.67. The number of rotatable bonds is 3. The van der Waals surface area contributed by atoms with Gasteiger partial charge in [0.15, 0.2) is 0 Å². The molecule has 2 aromatic carbocycles. The summed E-state index contributed by atoms with van der Waals surface area (Å²) in [6.07, 6.45) is 4.16. The molecule has 1 aliphatic carbocycles. The van der Waals surface area contributed by atoms with Crippen molar-refractivity contribution in [3.05, 3.63) is 58.8 Å². The lowest BCUT2D eigenvalue weighted by molar-refractivity contribution is 0.224. The number of hydrogen-bond acceptors (Lipinski definition) is 2. The van der Waals surface area contributed by atoms with E-state index in [9.17, 15) is 0 Å². The van der Waals surface area contributed by atoms with Gasteiger partial charge in [-0.15, -0.1) is 0 Å². The number of halogens is 1. The molecular weight excluding hydrogens is 340 g/mol. The number of allylic oxidation sites excluding steroid dienone is 1. The molecule has 0 amide bonds. The molecule has 4 rings (SSSR count). The SMILES string of the molecule is BrCCOC1=Cc2cc3c(cc2CC1)-c1ccccc1CO3. The topological polar surface area (TPSA) is 18.5 Å². The average molecular weight is 357 g/mol. The van der Waals surface area contributed by atoms with Crippen LogP contribution in [0.25, 0.3) is 17.2 Å². The Labute approximate surface area is 138 Å². The minimum absolute atomic E-state index is 0.651. The van der Waals surface area contributed by atoms with Gasteiger partial charge in [0.05, 0.1) is 12.4 Å². The van der Waals surface area contributed by atoms with E-state index >= 15 is 0 Å². The molecule has 2 nitrogen and oxygen atoms in total. The fraction of sp³-hybridized carbons (Fsp3) is 0.263. The van der Waals surface area contributed by atoms with Gasteiger partial charge in [-0.05, 0) is 46.9 Å². The lowest BCUT2D eigenvalue weighted by Crippen LogP contribution is -2.09. The molecule has 112 valence electrons. The molecule has 0 aromatic heterocycles. The van der Waals surface area contributed by atoms with Gasteiger partial charge in [-0.2, -0.15) is 0 Å². The molecule has 0 unspecified atom stereocenters. The summed E-state index contributed by atoms with van der Waals surface area (Å²) in [5.74, 6) is 2.05. The third-order valence-corrected chi connectivity index (χ3v) is 4.58. The van der Waals surface area contributed by atoms with Crippen molar-refractivity contribution >= 4 is 22.0 Å². The van der Waals surface area contributed by atoms with Crippen LogP contribution in [-0.4, -0.2) is 11.9 Å². The molecule has 0 atom stereocenters. The zero-order valence-electron chi connectivity index (χ0n) is 12.3. The van der Waals surface area contributed by atoms with Crippen LogP contribution in [-0.2, 0) is 17.8 Å². The van der Waals surface area contributed by atoms with Crippen LogP contribution in [0.3, 0.4) is 0 Å². The second kappa shape index (κ2) is 5.81. The number of hydrogen-bond donors (Lipinski definition) is 0. The predicted octanol–water partition coefficient (Wildman–Crippen LogP) is 4.94. The number of benzene rings is 2. The minimum Gasteiger partial charge on any atom is -0.497 e. The molecule has 2 aromatic rings. The van der Waals surface area contributed by atoms with Crippen molar-refractivity contribution in [3.63, 3.8) is 0 Å². The van der Waals surface area contributed by atoms with Crippen molar-refractivity contribution in [1.82, 2.24) is 0 Å². The molecule has 0 saturated heterocycles. The van der Waals surface area contributed by atoms with E-state index in [1.165, 1.54) is 27.8 Å². The first-order valence-electron chi connectivity index (χ1n) is 7.62. The maximum atomic E-state index is 5.95. The quantitative estimate of drug-likeness (QED) is 0.724. The summed E-state index contributed by atoms with van der Waals surface area (Å²) in [5, 5.41) is 0.862. The zero-order chi connectivity index (χ0) is 14.9. The maximum absolute atomic E-state index is 5.95. The Morgan fingerprint density at radius 2 is 1.95 bits per heavy atom. The van der Waals surface area contributed by atoms with Crippen LogP contribution in [0, 0.1) is 0 Å². The van der Waals surface area contributed by atoms with E-state index in [1.807, 2.05) is 0 Å². The second-order valence-electron chi connectivity index (χ2n) is 5.64. The number of ether oxygens (including phenoxy) is 2. The van der Waals surface area contributed by atoms with E-state index in [1.54, 1.807) is 0 Å². The fourth-order valence-corrected chi connectivity index (χ4v) is 3.33. The maximum Gasteiger partial charge on any atom is 0.128 e. The first-order chi connectivity index (χ1) is 10.8. The van der Waals surface area contributed by atoms with Gasteiger partial charge < -0.3 is 9.47 Å². The van der Waals surface area contributed by atoms with E-state index in [0.29, 0.717) is 6.61 Å². The Morgan fingerprint density at radius 3 is 2.86 bits per heavy atom. The summed E-state index contributed by atoms with van der Waals surface area (Å²) < 4.78 is 11.7. The highest BCUT2D eigenvalue weighted by atomic mass is 79.9. The molecule has 0 bridgehead atoms. The molecule has 1 heterocycles. The van der Waals surface area contributed by atoms with Gasteiger partial charge in [-0.1, -0.05) is 40.2 Å². The minimum atomic E-state index is 0.651. The van der Waals surface area contributed by atoms with Crippen molar-refractivity contribution in [2.45, 2.75) is 19.4 Å². The Bertz CT molecular complexity index is 749. The standard InChI is InChI=1S/C19H17BrO2/c20-7-8-21-16-6-5-13-10-18-17-4-2-1-3-14(17)12-22-19(18)11-15(13)9-16/h1-4,9-11H,5-8,12H2. The van der Waals surface area contributed by atoms with Crippen LogP contribution in [0.4, 0.5) is 0 Å². The van der Waals surface area contributed by atoms with Gasteiger partial charge in [0, 0.05) is 17.3 Å². The van der Waals surface area contributed by atoms with Crippen molar-refractivity contribution in [3.8, 4) is 16.9 Å². The highest BCUT2D eigenvalue weighted by Gasteiger charge is 2.21. The van der Waals surface area contributed by atoms with E-state index in [0.717, 1.165) is 36.3 Å². The first kappa shape index (κ1) is 13.9. The zero-order valence-corrected chi connectivity index (χ0v) is 13.9. The van der Waals surface area contributed by atoms with E-state index in [4.69, 9.17) is 9.47 Å².